The van der Waals surface area contributed by atoms with E-state index in [0.717, 1.165) is 57.4 Å². The quantitative estimate of drug-likeness (QED) is 0.936. The summed E-state index contributed by atoms with van der Waals surface area (Å²) in [5.41, 5.74) is 1.07. The van der Waals surface area contributed by atoms with Crippen molar-refractivity contribution in [3.63, 3.8) is 0 Å². The van der Waals surface area contributed by atoms with Crippen molar-refractivity contribution in [1.82, 2.24) is 25.5 Å². The number of nitrogens with one attached hydrogen (secondary N) is 1. The van der Waals surface area contributed by atoms with Crippen LogP contribution in [0.3, 0.4) is 0 Å². The van der Waals surface area contributed by atoms with Gasteiger partial charge in [-0.1, -0.05) is 42.0 Å². The third kappa shape index (κ3) is 2.81. The molecule has 2 aliphatic rings. The minimum atomic E-state index is -0.194. The van der Waals surface area contributed by atoms with Crippen molar-refractivity contribution in [2.45, 2.75) is 44.4 Å². The zero-order valence-corrected chi connectivity index (χ0v) is 13.8. The van der Waals surface area contributed by atoms with Crippen LogP contribution in [0.25, 0.3) is 0 Å². The number of aromatic nitrogens is 4. The second-order valence-corrected chi connectivity index (χ2v) is 7.16. The van der Waals surface area contributed by atoms with Crippen molar-refractivity contribution in [2.75, 3.05) is 13.1 Å². The first kappa shape index (κ1) is 15.3. The number of carbonyl (C=O) groups is 1. The Kier molecular flexibility index (Phi) is 4.04. The van der Waals surface area contributed by atoms with Crippen LogP contribution in [-0.4, -0.2) is 44.5 Å². The van der Waals surface area contributed by atoms with Gasteiger partial charge in [0.25, 0.3) is 0 Å². The normalized spacial score (nSPS) is 22.8. The Bertz CT molecular complexity index is 681. The summed E-state index contributed by atoms with van der Waals surface area (Å²) in [6, 6.07) is 10.4. The summed E-state index contributed by atoms with van der Waals surface area (Å²) in [6.45, 7) is 1.57. The fourth-order valence-corrected chi connectivity index (χ4v) is 4.11. The highest BCUT2D eigenvalue weighted by Crippen LogP contribution is 2.46. The summed E-state index contributed by atoms with van der Waals surface area (Å²) in [6.07, 6.45) is 6.05. The third-order valence-corrected chi connectivity index (χ3v) is 5.59. The SMILES string of the molecule is O=C(N1CCC[C@@H](c2nn[nH]n2)C1)C1(Cc2ccccc2)CCC1. The molecule has 1 amide bonds. The van der Waals surface area contributed by atoms with E-state index < -0.39 is 0 Å². The van der Waals surface area contributed by atoms with Gasteiger partial charge in [0.2, 0.25) is 5.91 Å². The average molecular weight is 325 g/mol. The number of tetrazole rings is 1. The molecule has 4 rings (SSSR count). The van der Waals surface area contributed by atoms with Crippen molar-refractivity contribution in [3.05, 3.63) is 41.7 Å². The van der Waals surface area contributed by atoms with Crippen molar-refractivity contribution in [2.24, 2.45) is 5.41 Å². The topological polar surface area (TPSA) is 74.8 Å². The number of benzene rings is 1. The number of hydrogen-bond donors (Lipinski definition) is 1. The number of likely N-dealkylation sites (tertiary alicyclic amines) is 1. The van der Waals surface area contributed by atoms with E-state index in [4.69, 9.17) is 0 Å². The van der Waals surface area contributed by atoms with Crippen molar-refractivity contribution in [3.8, 4) is 0 Å². The molecule has 0 bridgehead atoms. The monoisotopic (exact) mass is 325 g/mol. The molecule has 1 aliphatic carbocycles. The molecule has 2 heterocycles. The molecule has 1 aromatic heterocycles. The minimum Gasteiger partial charge on any atom is -0.341 e. The van der Waals surface area contributed by atoms with Crippen molar-refractivity contribution >= 4 is 5.91 Å². The van der Waals surface area contributed by atoms with Crippen LogP contribution in [0.1, 0.15) is 49.4 Å². The second kappa shape index (κ2) is 6.34. The summed E-state index contributed by atoms with van der Waals surface area (Å²) >= 11 is 0. The first-order chi connectivity index (χ1) is 11.8. The van der Waals surface area contributed by atoms with Crippen LogP contribution in [0, 0.1) is 5.41 Å². The molecule has 126 valence electrons. The molecule has 0 radical (unpaired) electrons. The number of amides is 1. The Morgan fingerprint density at radius 3 is 2.75 bits per heavy atom. The lowest BCUT2D eigenvalue weighted by Crippen LogP contribution is -2.51. The number of H-pyrrole nitrogens is 1. The minimum absolute atomic E-state index is 0.194. The van der Waals surface area contributed by atoms with E-state index in [-0.39, 0.29) is 11.3 Å². The largest absolute Gasteiger partial charge is 0.341 e. The number of piperidine rings is 1. The average Bonchev–Trinajstić information content (AvgIpc) is 3.13. The molecule has 24 heavy (non-hydrogen) atoms. The highest BCUT2D eigenvalue weighted by molar-refractivity contribution is 5.84. The van der Waals surface area contributed by atoms with E-state index in [1.807, 2.05) is 11.0 Å². The van der Waals surface area contributed by atoms with Gasteiger partial charge >= 0.3 is 0 Å². The summed E-state index contributed by atoms with van der Waals surface area (Å²) in [7, 11) is 0. The molecule has 2 fully saturated rings. The first-order valence-electron chi connectivity index (χ1n) is 8.83. The van der Waals surface area contributed by atoms with Gasteiger partial charge in [-0.25, -0.2) is 0 Å². The maximum atomic E-state index is 13.3. The molecular formula is C18H23N5O. The number of carbonyl (C=O) groups excluding carboxylic acids is 1. The van der Waals surface area contributed by atoms with E-state index in [1.165, 1.54) is 5.56 Å². The molecular weight excluding hydrogens is 302 g/mol. The van der Waals surface area contributed by atoms with Gasteiger partial charge in [-0.05, 0) is 37.7 Å². The lowest BCUT2D eigenvalue weighted by Gasteiger charge is -2.45. The Balaban J connectivity index is 1.49. The van der Waals surface area contributed by atoms with E-state index in [2.05, 4.69) is 44.9 Å². The molecule has 6 nitrogen and oxygen atoms in total. The Labute approximate surface area is 141 Å². The maximum absolute atomic E-state index is 13.3. The predicted octanol–water partition coefficient (Wildman–Crippen LogP) is 2.32. The first-order valence-corrected chi connectivity index (χ1v) is 8.83. The third-order valence-electron chi connectivity index (χ3n) is 5.59. The fraction of sp³-hybridized carbons (Fsp3) is 0.556. The molecule has 2 aromatic rings. The van der Waals surface area contributed by atoms with Crippen LogP contribution < -0.4 is 0 Å². The molecule has 6 heteroatoms. The van der Waals surface area contributed by atoms with Crippen LogP contribution in [0.5, 0.6) is 0 Å². The molecule has 1 atom stereocenters. The summed E-state index contributed by atoms with van der Waals surface area (Å²) in [5.74, 6) is 1.26. The van der Waals surface area contributed by atoms with Gasteiger partial charge in [-0.3, -0.25) is 4.79 Å². The summed E-state index contributed by atoms with van der Waals surface area (Å²) in [4.78, 5) is 15.3. The van der Waals surface area contributed by atoms with Gasteiger partial charge in [0, 0.05) is 19.0 Å². The Morgan fingerprint density at radius 1 is 1.25 bits per heavy atom. The van der Waals surface area contributed by atoms with Gasteiger partial charge in [0.15, 0.2) is 5.82 Å². The smallest absolute Gasteiger partial charge is 0.229 e. The number of rotatable bonds is 4. The molecule has 1 aliphatic heterocycles. The fourth-order valence-electron chi connectivity index (χ4n) is 4.11. The van der Waals surface area contributed by atoms with Gasteiger partial charge in [0.1, 0.15) is 0 Å². The summed E-state index contributed by atoms with van der Waals surface area (Å²) < 4.78 is 0. The molecule has 1 saturated carbocycles. The summed E-state index contributed by atoms with van der Waals surface area (Å²) in [5, 5.41) is 14.4. The number of hydrogen-bond acceptors (Lipinski definition) is 4. The lowest BCUT2D eigenvalue weighted by molar-refractivity contribution is -0.148. The van der Waals surface area contributed by atoms with Crippen LogP contribution in [0.2, 0.25) is 0 Å². The standard InChI is InChI=1S/C18H23N5O/c24-17(18(9-5-10-18)12-14-6-2-1-3-7-14)23-11-4-8-15(13-23)16-19-21-22-20-16/h1-3,6-7,15H,4-5,8-13H2,(H,19,20,21,22)/t15-/m1/s1. The molecule has 0 unspecified atom stereocenters. The molecule has 1 N–H and O–H groups in total. The van der Waals surface area contributed by atoms with Crippen LogP contribution >= 0.6 is 0 Å². The molecule has 1 saturated heterocycles. The van der Waals surface area contributed by atoms with Crippen molar-refractivity contribution in [1.29, 1.82) is 0 Å². The van der Waals surface area contributed by atoms with E-state index >= 15 is 0 Å². The number of nitrogens with zero attached hydrogens (tertiary/aromatic N) is 4. The maximum Gasteiger partial charge on any atom is 0.229 e. The van der Waals surface area contributed by atoms with E-state index in [9.17, 15) is 4.79 Å². The zero-order chi connectivity index (χ0) is 16.4. The highest BCUT2D eigenvalue weighted by atomic mass is 16.2. The van der Waals surface area contributed by atoms with Crippen LogP contribution in [-0.2, 0) is 11.2 Å². The van der Waals surface area contributed by atoms with Crippen LogP contribution in [0.15, 0.2) is 30.3 Å². The van der Waals surface area contributed by atoms with Crippen LogP contribution in [0.4, 0.5) is 0 Å². The van der Waals surface area contributed by atoms with Gasteiger partial charge in [0.05, 0.1) is 5.41 Å². The predicted molar refractivity (Wildman–Crippen MR) is 89.2 cm³/mol. The second-order valence-electron chi connectivity index (χ2n) is 7.16. The zero-order valence-electron chi connectivity index (χ0n) is 13.8. The Morgan fingerprint density at radius 2 is 2.08 bits per heavy atom. The molecule has 0 spiro atoms. The van der Waals surface area contributed by atoms with Gasteiger partial charge in [-0.2, -0.15) is 5.21 Å². The Hall–Kier alpha value is -2.24. The highest BCUT2D eigenvalue weighted by Gasteiger charge is 2.47. The van der Waals surface area contributed by atoms with E-state index in [1.54, 1.807) is 0 Å². The van der Waals surface area contributed by atoms with Gasteiger partial charge in [-0.15, -0.1) is 10.2 Å². The van der Waals surface area contributed by atoms with Gasteiger partial charge < -0.3 is 4.90 Å². The van der Waals surface area contributed by atoms with E-state index in [0.29, 0.717) is 5.91 Å². The van der Waals surface area contributed by atoms with Crippen molar-refractivity contribution < 1.29 is 4.79 Å². The number of aromatic amines is 1. The molecule has 1 aromatic carbocycles. The lowest BCUT2D eigenvalue weighted by atomic mass is 9.64.